The lowest BCUT2D eigenvalue weighted by atomic mass is 10.1. The first kappa shape index (κ1) is 22.4. The van der Waals surface area contributed by atoms with Gasteiger partial charge in [0.15, 0.2) is 17.5 Å². The highest BCUT2D eigenvalue weighted by atomic mass is 19.3. The summed E-state index contributed by atoms with van der Waals surface area (Å²) in [4.78, 5) is 4.22. The molecule has 0 saturated carbocycles. The number of guanidine groups is 1. The summed E-state index contributed by atoms with van der Waals surface area (Å²) in [6.07, 6.45) is 1.56. The molecule has 0 radical (unpaired) electrons. The molecule has 0 aliphatic carbocycles. The van der Waals surface area contributed by atoms with Crippen LogP contribution in [0.25, 0.3) is 0 Å². The number of nitrogens with zero attached hydrogens (tertiary/aromatic N) is 2. The molecule has 2 rings (SSSR count). The van der Waals surface area contributed by atoms with E-state index in [-0.39, 0.29) is 11.5 Å². The quantitative estimate of drug-likeness (QED) is 0.460. The van der Waals surface area contributed by atoms with Crippen molar-refractivity contribution in [1.82, 2.24) is 15.8 Å². The number of hydrogen-bond acceptors (Lipinski definition) is 5. The molecule has 0 unspecified atom stereocenters. The Bertz CT molecular complexity index is 788. The summed E-state index contributed by atoms with van der Waals surface area (Å²) in [6, 6.07) is 4.85. The highest BCUT2D eigenvalue weighted by Gasteiger charge is 2.14. The summed E-state index contributed by atoms with van der Waals surface area (Å²) >= 11 is 0. The predicted molar refractivity (Wildman–Crippen MR) is 107 cm³/mol. The van der Waals surface area contributed by atoms with Crippen molar-refractivity contribution in [3.8, 4) is 11.5 Å². The highest BCUT2D eigenvalue weighted by molar-refractivity contribution is 5.79. The van der Waals surface area contributed by atoms with E-state index in [9.17, 15) is 8.78 Å². The Morgan fingerprint density at radius 3 is 2.52 bits per heavy atom. The van der Waals surface area contributed by atoms with Crippen LogP contribution in [0.3, 0.4) is 0 Å². The van der Waals surface area contributed by atoms with Crippen molar-refractivity contribution >= 4 is 5.96 Å². The maximum Gasteiger partial charge on any atom is 0.387 e. The van der Waals surface area contributed by atoms with Crippen molar-refractivity contribution < 1.29 is 22.8 Å². The fraction of sp³-hybridized carbons (Fsp3) is 0.500. The number of rotatable bonds is 10. The van der Waals surface area contributed by atoms with Crippen molar-refractivity contribution in [3.63, 3.8) is 0 Å². The van der Waals surface area contributed by atoms with Gasteiger partial charge in [-0.15, -0.1) is 0 Å². The van der Waals surface area contributed by atoms with Crippen LogP contribution in [0.15, 0.2) is 27.7 Å². The molecule has 0 bridgehead atoms. The number of benzene rings is 1. The molecule has 2 N–H and O–H groups in total. The summed E-state index contributed by atoms with van der Waals surface area (Å²) in [5.41, 5.74) is 2.82. The lowest BCUT2D eigenvalue weighted by Gasteiger charge is -2.15. The van der Waals surface area contributed by atoms with Crippen LogP contribution in [0.1, 0.15) is 43.4 Å². The standard InChI is InChI=1S/C20H28F2N4O3/c1-5-15-14(16(6-2)29-26-15)12-25-20(23-4)24-11-13-8-9-17(28-19(21)22)18(10-13)27-7-3/h8-10,19H,5-7,11-12H2,1-4H3,(H2,23,24,25). The number of ether oxygens (including phenoxy) is 2. The van der Waals surface area contributed by atoms with E-state index in [1.807, 2.05) is 13.8 Å². The molecule has 1 heterocycles. The van der Waals surface area contributed by atoms with Gasteiger partial charge in [0.05, 0.1) is 12.3 Å². The molecular formula is C20H28F2N4O3. The van der Waals surface area contributed by atoms with E-state index in [2.05, 4.69) is 25.5 Å². The normalized spacial score (nSPS) is 11.6. The van der Waals surface area contributed by atoms with Crippen molar-refractivity contribution in [2.75, 3.05) is 13.7 Å². The summed E-state index contributed by atoms with van der Waals surface area (Å²) in [5.74, 6) is 1.75. The number of nitrogens with one attached hydrogen (secondary N) is 2. The topological polar surface area (TPSA) is 80.9 Å². The zero-order valence-corrected chi connectivity index (χ0v) is 17.2. The van der Waals surface area contributed by atoms with Gasteiger partial charge in [0.25, 0.3) is 0 Å². The summed E-state index contributed by atoms with van der Waals surface area (Å²) < 4.78 is 40.3. The molecular weight excluding hydrogens is 382 g/mol. The van der Waals surface area contributed by atoms with Crippen molar-refractivity contribution in [3.05, 3.63) is 40.8 Å². The average Bonchev–Trinajstić information content (AvgIpc) is 3.11. The smallest absolute Gasteiger partial charge is 0.387 e. The second kappa shape index (κ2) is 11.2. The minimum Gasteiger partial charge on any atom is -0.490 e. The third-order valence-corrected chi connectivity index (χ3v) is 4.25. The number of aryl methyl sites for hydroxylation is 2. The Morgan fingerprint density at radius 1 is 1.14 bits per heavy atom. The van der Waals surface area contributed by atoms with Crippen LogP contribution in [0.5, 0.6) is 11.5 Å². The molecule has 0 aliphatic heterocycles. The first-order valence-corrected chi connectivity index (χ1v) is 9.63. The molecule has 1 aromatic carbocycles. The molecule has 0 aliphatic rings. The molecule has 29 heavy (non-hydrogen) atoms. The minimum absolute atomic E-state index is 0.0137. The third kappa shape index (κ3) is 6.33. The van der Waals surface area contributed by atoms with E-state index in [4.69, 9.17) is 9.26 Å². The van der Waals surface area contributed by atoms with Crippen LogP contribution < -0.4 is 20.1 Å². The number of aromatic nitrogens is 1. The zero-order chi connectivity index (χ0) is 21.2. The van der Waals surface area contributed by atoms with Gasteiger partial charge in [-0.25, -0.2) is 0 Å². The Labute approximate surface area is 169 Å². The lowest BCUT2D eigenvalue weighted by molar-refractivity contribution is -0.0514. The monoisotopic (exact) mass is 410 g/mol. The van der Waals surface area contributed by atoms with Gasteiger partial charge in [0.2, 0.25) is 0 Å². The van der Waals surface area contributed by atoms with Gasteiger partial charge < -0.3 is 24.6 Å². The molecule has 0 saturated heterocycles. The number of hydrogen-bond donors (Lipinski definition) is 2. The van der Waals surface area contributed by atoms with E-state index in [0.29, 0.717) is 25.7 Å². The van der Waals surface area contributed by atoms with Gasteiger partial charge in [-0.2, -0.15) is 8.78 Å². The van der Waals surface area contributed by atoms with Crippen molar-refractivity contribution in [2.45, 2.75) is 53.3 Å². The van der Waals surface area contributed by atoms with E-state index < -0.39 is 6.61 Å². The van der Waals surface area contributed by atoms with Crippen LogP contribution >= 0.6 is 0 Å². The van der Waals surface area contributed by atoms with Crippen LogP contribution in [0.2, 0.25) is 0 Å². The zero-order valence-electron chi connectivity index (χ0n) is 17.2. The summed E-state index contributed by atoms with van der Waals surface area (Å²) in [6.45, 7) is 4.25. The molecule has 7 nitrogen and oxygen atoms in total. The first-order chi connectivity index (χ1) is 14.0. The van der Waals surface area contributed by atoms with Crippen LogP contribution in [0.4, 0.5) is 8.78 Å². The lowest BCUT2D eigenvalue weighted by Crippen LogP contribution is -2.36. The van der Waals surface area contributed by atoms with Gasteiger partial charge in [-0.3, -0.25) is 4.99 Å². The first-order valence-electron chi connectivity index (χ1n) is 9.63. The van der Waals surface area contributed by atoms with Crippen LogP contribution in [-0.2, 0) is 25.9 Å². The van der Waals surface area contributed by atoms with E-state index in [1.54, 1.807) is 26.1 Å². The van der Waals surface area contributed by atoms with Gasteiger partial charge in [0, 0.05) is 32.1 Å². The predicted octanol–water partition coefficient (Wildman–Crippen LogP) is 3.66. The molecule has 1 aromatic heterocycles. The van der Waals surface area contributed by atoms with E-state index in [1.165, 1.54) is 6.07 Å². The van der Waals surface area contributed by atoms with Gasteiger partial charge >= 0.3 is 6.61 Å². The molecule has 160 valence electrons. The Morgan fingerprint density at radius 2 is 1.90 bits per heavy atom. The van der Waals surface area contributed by atoms with Gasteiger partial charge in [0.1, 0.15) is 5.76 Å². The second-order valence-electron chi connectivity index (χ2n) is 6.11. The Balaban J connectivity index is 2.00. The average molecular weight is 410 g/mol. The number of alkyl halides is 2. The second-order valence-corrected chi connectivity index (χ2v) is 6.11. The largest absolute Gasteiger partial charge is 0.490 e. The molecule has 9 heteroatoms. The maximum absolute atomic E-state index is 12.5. The van der Waals surface area contributed by atoms with Gasteiger partial charge in [-0.1, -0.05) is 25.1 Å². The Kier molecular flexibility index (Phi) is 8.69. The molecule has 2 aromatic rings. The van der Waals surface area contributed by atoms with Crippen LogP contribution in [-0.4, -0.2) is 31.4 Å². The Hall–Kier alpha value is -2.84. The van der Waals surface area contributed by atoms with Crippen molar-refractivity contribution in [1.29, 1.82) is 0 Å². The van der Waals surface area contributed by atoms with E-state index in [0.717, 1.165) is 35.4 Å². The summed E-state index contributed by atoms with van der Waals surface area (Å²) in [5, 5.41) is 10.6. The van der Waals surface area contributed by atoms with E-state index >= 15 is 0 Å². The fourth-order valence-corrected chi connectivity index (χ4v) is 2.84. The minimum atomic E-state index is -2.90. The number of aliphatic imine (C=N–C) groups is 1. The van der Waals surface area contributed by atoms with Crippen molar-refractivity contribution in [2.24, 2.45) is 4.99 Å². The molecule has 0 amide bonds. The molecule has 0 atom stereocenters. The van der Waals surface area contributed by atoms with Gasteiger partial charge in [-0.05, 0) is 31.0 Å². The summed E-state index contributed by atoms with van der Waals surface area (Å²) in [7, 11) is 1.68. The van der Waals surface area contributed by atoms with Crippen LogP contribution in [0, 0.1) is 0 Å². The molecule has 0 spiro atoms. The third-order valence-electron chi connectivity index (χ3n) is 4.25. The maximum atomic E-state index is 12.5. The number of halogens is 2. The fourth-order valence-electron chi connectivity index (χ4n) is 2.84. The molecule has 0 fully saturated rings. The SMILES string of the molecule is CCOc1cc(CNC(=NC)NCc2c(CC)noc2CC)ccc1OC(F)F. The highest BCUT2D eigenvalue weighted by Crippen LogP contribution is 2.29.